The Balaban J connectivity index is 1.56. The summed E-state index contributed by atoms with van der Waals surface area (Å²) in [7, 11) is 3.06. The van der Waals surface area contributed by atoms with E-state index < -0.39 is 11.6 Å². The first-order valence-electron chi connectivity index (χ1n) is 15.8. The number of amidine groups is 1. The number of hydrogen-bond acceptors (Lipinski definition) is 7. The smallest absolute Gasteiger partial charge is 0.340 e. The molecule has 2 aliphatic rings. The third-order valence-electron chi connectivity index (χ3n) is 8.71. The van der Waals surface area contributed by atoms with Gasteiger partial charge < -0.3 is 14.4 Å². The average Bonchev–Trinajstić information content (AvgIpc) is 3.64. The molecule has 0 aliphatic carbocycles. The number of aryl methyl sites for hydroxylation is 1. The molecule has 1 spiro atoms. The topological polar surface area (TPSA) is 57.6 Å². The molecule has 5 aromatic rings. The number of hydrogen-bond donors (Lipinski definition) is 0. The molecule has 0 bridgehead atoms. The highest BCUT2D eigenvalue weighted by Crippen LogP contribution is 2.51. The second-order valence-electron chi connectivity index (χ2n) is 11.4. The lowest BCUT2D eigenvalue weighted by Crippen LogP contribution is -2.64. The number of benzene rings is 5. The number of para-hydroxylation sites is 2. The van der Waals surface area contributed by atoms with Crippen LogP contribution in [0.2, 0.25) is 0 Å². The van der Waals surface area contributed by atoms with E-state index in [4.69, 9.17) is 26.8 Å². The molecule has 0 amide bonds. The van der Waals surface area contributed by atoms with Crippen LogP contribution in [0.4, 0.5) is 17.1 Å². The molecule has 0 fully saturated rings. The van der Waals surface area contributed by atoms with Gasteiger partial charge >= 0.3 is 5.97 Å². The van der Waals surface area contributed by atoms with Crippen LogP contribution in [0.15, 0.2) is 162 Å². The molecule has 2 aliphatic heterocycles. The molecular weight excluding hydrogens is 617 g/mol. The van der Waals surface area contributed by atoms with E-state index in [1.165, 1.54) is 7.11 Å². The van der Waals surface area contributed by atoms with Gasteiger partial charge in [-0.3, -0.25) is 4.90 Å². The maximum Gasteiger partial charge on any atom is 0.340 e. The predicted molar refractivity (Wildman–Crippen MR) is 195 cm³/mol. The highest BCUT2D eigenvalue weighted by molar-refractivity contribution is 7.81. The minimum Gasteiger partial charge on any atom is -0.497 e. The fourth-order valence-corrected chi connectivity index (χ4v) is 7.04. The van der Waals surface area contributed by atoms with Gasteiger partial charge in [-0.2, -0.15) is 5.10 Å². The fourth-order valence-electron chi connectivity index (χ4n) is 6.55. The Morgan fingerprint density at radius 2 is 1.25 bits per heavy atom. The maximum absolute atomic E-state index is 14.5. The summed E-state index contributed by atoms with van der Waals surface area (Å²) in [5.41, 5.74) is 4.14. The van der Waals surface area contributed by atoms with Crippen molar-refractivity contribution in [1.29, 1.82) is 0 Å². The summed E-state index contributed by atoms with van der Waals surface area (Å²) in [5, 5.41) is 7.24. The molecule has 8 heteroatoms. The van der Waals surface area contributed by atoms with Crippen LogP contribution in [0.25, 0.3) is 0 Å². The van der Waals surface area contributed by atoms with Gasteiger partial charge in [0.1, 0.15) is 16.3 Å². The van der Waals surface area contributed by atoms with Crippen LogP contribution < -0.4 is 19.5 Å². The Bertz CT molecular complexity index is 1980. The second-order valence-corrected chi connectivity index (χ2v) is 11.8. The monoisotopic (exact) mass is 650 g/mol. The summed E-state index contributed by atoms with van der Waals surface area (Å²) >= 11 is 6.65. The van der Waals surface area contributed by atoms with Gasteiger partial charge in [-0.25, -0.2) is 9.80 Å². The van der Waals surface area contributed by atoms with E-state index in [-0.39, 0.29) is 0 Å². The van der Waals surface area contributed by atoms with Crippen LogP contribution in [0.3, 0.4) is 0 Å². The summed E-state index contributed by atoms with van der Waals surface area (Å²) < 4.78 is 11.2. The maximum atomic E-state index is 14.5. The Morgan fingerprint density at radius 1 is 0.688 bits per heavy atom. The molecule has 2 heterocycles. The average molecular weight is 651 g/mol. The zero-order valence-corrected chi connectivity index (χ0v) is 27.5. The minimum absolute atomic E-state index is 0.407. The van der Waals surface area contributed by atoms with Crippen LogP contribution >= 0.6 is 12.2 Å². The molecule has 238 valence electrons. The molecule has 7 rings (SSSR count). The fraction of sp³-hybridized carbons (Fsp3) is 0.125. The number of rotatable bonds is 9. The Hall–Kier alpha value is -5.73. The summed E-state index contributed by atoms with van der Waals surface area (Å²) in [6.45, 7) is 0. The highest BCUT2D eigenvalue weighted by Gasteiger charge is 2.65. The number of carbonyl (C=O) groups excluding carboxylic acids is 1. The molecule has 0 saturated carbocycles. The number of carbonyl (C=O) groups is 1. The zero-order chi connectivity index (χ0) is 33.1. The first kappa shape index (κ1) is 30.9. The van der Waals surface area contributed by atoms with Crippen molar-refractivity contribution < 1.29 is 14.3 Å². The number of anilines is 3. The third kappa shape index (κ3) is 5.20. The van der Waals surface area contributed by atoms with Crippen molar-refractivity contribution in [3.63, 3.8) is 0 Å². The van der Waals surface area contributed by atoms with Gasteiger partial charge in [-0.05, 0) is 66.9 Å². The molecule has 1 atom stereocenters. The molecule has 1 unspecified atom stereocenters. The Kier molecular flexibility index (Phi) is 8.48. The number of nitrogens with zero attached hydrogens (tertiary/aromatic N) is 4. The Labute approximate surface area is 286 Å². The van der Waals surface area contributed by atoms with Gasteiger partial charge in [-0.1, -0.05) is 109 Å². The van der Waals surface area contributed by atoms with E-state index in [2.05, 4.69) is 17.0 Å². The van der Waals surface area contributed by atoms with Crippen molar-refractivity contribution in [3.05, 3.63) is 168 Å². The van der Waals surface area contributed by atoms with Crippen LogP contribution in [0, 0.1) is 0 Å². The first-order valence-corrected chi connectivity index (χ1v) is 16.2. The molecule has 0 N–H and O–H groups in total. The zero-order valence-electron chi connectivity index (χ0n) is 26.7. The quantitative estimate of drug-likeness (QED) is 0.118. The van der Waals surface area contributed by atoms with Crippen molar-refractivity contribution in [1.82, 2.24) is 0 Å². The number of ether oxygens (including phenoxy) is 2. The standard InChI is InChI=1S/C40H34N4O3S/c1-46-34-26-24-32(25-27-34)43-37(30-17-9-4-10-18-30)41-44(33-21-13-6-14-22-33)40(43)36(38(45)47-2)35(28-23-29-15-7-3-8-16-29)42(39(40)48)31-19-11-5-12-20-31/h3-22,24-27H,23,28H2,1-2H3. The van der Waals surface area contributed by atoms with Gasteiger partial charge in [0, 0.05) is 22.6 Å². The Morgan fingerprint density at radius 3 is 1.83 bits per heavy atom. The molecular formula is C40H34N4O3S. The van der Waals surface area contributed by atoms with Gasteiger partial charge in [0.05, 0.1) is 19.9 Å². The number of hydrazone groups is 1. The van der Waals surface area contributed by atoms with Gasteiger partial charge in [0.15, 0.2) is 5.84 Å². The molecule has 0 saturated heterocycles. The van der Waals surface area contributed by atoms with Crippen molar-refractivity contribution in [2.75, 3.05) is 29.0 Å². The highest BCUT2D eigenvalue weighted by atomic mass is 32.1. The van der Waals surface area contributed by atoms with E-state index in [1.807, 2.05) is 143 Å². The molecule has 0 radical (unpaired) electrons. The lowest BCUT2D eigenvalue weighted by Gasteiger charge is -2.43. The van der Waals surface area contributed by atoms with E-state index in [0.29, 0.717) is 35.0 Å². The lowest BCUT2D eigenvalue weighted by atomic mass is 9.94. The summed E-state index contributed by atoms with van der Waals surface area (Å²) in [5.74, 6) is 0.853. The molecule has 5 aromatic carbocycles. The van der Waals surface area contributed by atoms with Gasteiger partial charge in [0.2, 0.25) is 5.66 Å². The summed E-state index contributed by atoms with van der Waals surface area (Å²) in [6, 6.07) is 47.8. The predicted octanol–water partition coefficient (Wildman–Crippen LogP) is 7.99. The van der Waals surface area contributed by atoms with Crippen LogP contribution in [0.1, 0.15) is 17.5 Å². The van der Waals surface area contributed by atoms with E-state index in [9.17, 15) is 4.79 Å². The van der Waals surface area contributed by atoms with Crippen molar-refractivity contribution in [2.45, 2.75) is 18.5 Å². The third-order valence-corrected chi connectivity index (χ3v) is 9.17. The molecule has 0 aromatic heterocycles. The second kappa shape index (κ2) is 13.2. The molecule has 48 heavy (non-hydrogen) atoms. The number of esters is 1. The molecule has 7 nitrogen and oxygen atoms in total. The van der Waals surface area contributed by atoms with Crippen LogP contribution in [0.5, 0.6) is 5.75 Å². The van der Waals surface area contributed by atoms with E-state index >= 15 is 0 Å². The van der Waals surface area contributed by atoms with E-state index in [1.54, 1.807) is 7.11 Å². The summed E-state index contributed by atoms with van der Waals surface area (Å²) in [6.07, 6.45) is 1.20. The van der Waals surface area contributed by atoms with Crippen LogP contribution in [-0.4, -0.2) is 36.7 Å². The summed E-state index contributed by atoms with van der Waals surface area (Å²) in [4.78, 5) is 19.1. The largest absolute Gasteiger partial charge is 0.497 e. The van der Waals surface area contributed by atoms with Gasteiger partial charge in [-0.15, -0.1) is 0 Å². The van der Waals surface area contributed by atoms with Crippen molar-refractivity contribution in [2.24, 2.45) is 5.10 Å². The van der Waals surface area contributed by atoms with Crippen molar-refractivity contribution >= 4 is 46.1 Å². The van der Waals surface area contributed by atoms with Crippen molar-refractivity contribution in [3.8, 4) is 5.75 Å². The SMILES string of the molecule is COC(=O)C1=C(CCc2ccccc2)N(c2ccccc2)C(=S)C12N(c1ccccc1)N=C(c1ccccc1)N2c1ccc(OC)cc1. The normalized spacial score (nSPS) is 17.2. The first-order chi connectivity index (χ1) is 23.6. The van der Waals surface area contributed by atoms with Crippen LogP contribution in [-0.2, 0) is 16.0 Å². The number of thiocarbonyl (C=S) groups is 1. The minimum atomic E-state index is -1.43. The van der Waals surface area contributed by atoms with E-state index in [0.717, 1.165) is 33.9 Å². The lowest BCUT2D eigenvalue weighted by molar-refractivity contribution is -0.136. The van der Waals surface area contributed by atoms with Gasteiger partial charge in [0.25, 0.3) is 0 Å². The number of methoxy groups -OCH3 is 2. The number of allylic oxidation sites excluding steroid dienone is 1.